The quantitative estimate of drug-likeness (QED) is 0.562. The number of carboxylic acids is 1. The summed E-state index contributed by atoms with van der Waals surface area (Å²) < 4.78 is 0. The topological polar surface area (TPSA) is 98.7 Å². The maximum atomic E-state index is 11.6. The normalized spacial score (nSPS) is 25.9. The van der Waals surface area contributed by atoms with Gasteiger partial charge in [0.1, 0.15) is 6.04 Å². The zero-order valence-corrected chi connectivity index (χ0v) is 10.7. The van der Waals surface area contributed by atoms with E-state index in [1.807, 2.05) is 0 Å². The molecular formula is C12H22N2O4. The van der Waals surface area contributed by atoms with Gasteiger partial charge >= 0.3 is 12.0 Å². The smallest absolute Gasteiger partial charge is 0.326 e. The molecule has 1 rings (SSSR count). The number of carboxylic acid groups (broad SMARTS) is 1. The number of hydrogen-bond donors (Lipinski definition) is 4. The van der Waals surface area contributed by atoms with E-state index in [2.05, 4.69) is 10.6 Å². The van der Waals surface area contributed by atoms with Crippen molar-refractivity contribution in [2.45, 2.75) is 63.6 Å². The third kappa shape index (κ3) is 4.52. The summed E-state index contributed by atoms with van der Waals surface area (Å²) >= 11 is 0. The predicted molar refractivity (Wildman–Crippen MR) is 66.3 cm³/mol. The molecule has 1 aliphatic rings. The SMILES string of the molecule is CC[C@H](NC(=O)NC1CCCCCC1O)C(=O)O. The van der Waals surface area contributed by atoms with Gasteiger partial charge in [-0.3, -0.25) is 0 Å². The lowest BCUT2D eigenvalue weighted by Crippen LogP contribution is -2.51. The van der Waals surface area contributed by atoms with E-state index in [1.54, 1.807) is 6.92 Å². The zero-order valence-electron chi connectivity index (χ0n) is 10.7. The van der Waals surface area contributed by atoms with Crippen LogP contribution in [-0.2, 0) is 4.79 Å². The van der Waals surface area contributed by atoms with Crippen molar-refractivity contribution >= 4 is 12.0 Å². The Kier molecular flexibility index (Phi) is 5.91. The van der Waals surface area contributed by atoms with Gasteiger partial charge in [0.2, 0.25) is 0 Å². The summed E-state index contributed by atoms with van der Waals surface area (Å²) in [4.78, 5) is 22.4. The van der Waals surface area contributed by atoms with Gasteiger partial charge in [-0.15, -0.1) is 0 Å². The van der Waals surface area contributed by atoms with Crippen molar-refractivity contribution in [3.8, 4) is 0 Å². The first kappa shape index (κ1) is 14.8. The summed E-state index contributed by atoms with van der Waals surface area (Å²) in [6.07, 6.45) is 4.20. The van der Waals surface area contributed by atoms with Crippen LogP contribution >= 0.6 is 0 Å². The van der Waals surface area contributed by atoms with Gasteiger partial charge in [-0.25, -0.2) is 9.59 Å². The van der Waals surface area contributed by atoms with Crippen LogP contribution in [-0.4, -0.2) is 40.4 Å². The largest absolute Gasteiger partial charge is 0.480 e. The van der Waals surface area contributed by atoms with E-state index in [-0.39, 0.29) is 6.04 Å². The maximum Gasteiger partial charge on any atom is 0.326 e. The highest BCUT2D eigenvalue weighted by atomic mass is 16.4. The Balaban J connectivity index is 2.44. The van der Waals surface area contributed by atoms with Gasteiger partial charge in [-0.2, -0.15) is 0 Å². The molecule has 0 aromatic carbocycles. The maximum absolute atomic E-state index is 11.6. The number of aliphatic hydroxyl groups is 1. The molecule has 0 aromatic heterocycles. The molecule has 0 saturated heterocycles. The van der Waals surface area contributed by atoms with Crippen molar-refractivity contribution < 1.29 is 19.8 Å². The Morgan fingerprint density at radius 3 is 2.56 bits per heavy atom. The van der Waals surface area contributed by atoms with Crippen LogP contribution in [0.4, 0.5) is 4.79 Å². The number of aliphatic carboxylic acids is 1. The molecule has 0 bridgehead atoms. The monoisotopic (exact) mass is 258 g/mol. The Hall–Kier alpha value is -1.30. The van der Waals surface area contributed by atoms with E-state index in [1.165, 1.54) is 0 Å². The van der Waals surface area contributed by atoms with Gasteiger partial charge in [0.15, 0.2) is 0 Å². The lowest BCUT2D eigenvalue weighted by atomic mass is 10.1. The lowest BCUT2D eigenvalue weighted by molar-refractivity contribution is -0.139. The number of carbonyl (C=O) groups is 2. The highest BCUT2D eigenvalue weighted by Gasteiger charge is 2.25. The molecule has 1 fully saturated rings. The van der Waals surface area contributed by atoms with E-state index in [0.717, 1.165) is 25.7 Å². The van der Waals surface area contributed by atoms with Crippen molar-refractivity contribution in [3.63, 3.8) is 0 Å². The van der Waals surface area contributed by atoms with Crippen molar-refractivity contribution in [1.29, 1.82) is 0 Å². The van der Waals surface area contributed by atoms with Crippen LogP contribution in [0.1, 0.15) is 45.4 Å². The van der Waals surface area contributed by atoms with Gasteiger partial charge in [0.25, 0.3) is 0 Å². The molecule has 0 heterocycles. The Bertz CT molecular complexity index is 296. The summed E-state index contributed by atoms with van der Waals surface area (Å²) in [7, 11) is 0. The van der Waals surface area contributed by atoms with Gasteiger partial charge in [0.05, 0.1) is 12.1 Å². The van der Waals surface area contributed by atoms with Crippen molar-refractivity contribution in [2.75, 3.05) is 0 Å². The van der Waals surface area contributed by atoms with Crippen molar-refractivity contribution in [3.05, 3.63) is 0 Å². The molecule has 1 aliphatic carbocycles. The number of aliphatic hydroxyl groups excluding tert-OH is 1. The fourth-order valence-electron chi connectivity index (χ4n) is 2.16. The second kappa shape index (κ2) is 7.20. The van der Waals surface area contributed by atoms with E-state index in [4.69, 9.17) is 5.11 Å². The summed E-state index contributed by atoms with van der Waals surface area (Å²) in [6, 6.07) is -1.68. The second-order valence-electron chi connectivity index (χ2n) is 4.73. The number of rotatable bonds is 4. The minimum atomic E-state index is -1.05. The second-order valence-corrected chi connectivity index (χ2v) is 4.73. The van der Waals surface area contributed by atoms with E-state index in [9.17, 15) is 14.7 Å². The predicted octanol–water partition coefficient (Wildman–Crippen LogP) is 0.842. The first-order chi connectivity index (χ1) is 8.54. The van der Waals surface area contributed by atoms with Gasteiger partial charge in [0, 0.05) is 0 Å². The molecule has 104 valence electrons. The average molecular weight is 258 g/mol. The van der Waals surface area contributed by atoms with Crippen molar-refractivity contribution in [2.24, 2.45) is 0 Å². The molecule has 0 spiro atoms. The highest BCUT2D eigenvalue weighted by molar-refractivity contribution is 5.82. The third-order valence-corrected chi connectivity index (χ3v) is 3.31. The van der Waals surface area contributed by atoms with E-state index >= 15 is 0 Å². The van der Waals surface area contributed by atoms with Crippen LogP contribution < -0.4 is 10.6 Å². The molecule has 4 N–H and O–H groups in total. The number of amides is 2. The molecule has 1 saturated carbocycles. The fourth-order valence-corrected chi connectivity index (χ4v) is 2.16. The van der Waals surface area contributed by atoms with Crippen LogP contribution in [0.15, 0.2) is 0 Å². The molecule has 3 atom stereocenters. The minimum absolute atomic E-state index is 0.279. The first-order valence-corrected chi connectivity index (χ1v) is 6.52. The number of hydrogen-bond acceptors (Lipinski definition) is 3. The van der Waals surface area contributed by atoms with Crippen LogP contribution in [0.2, 0.25) is 0 Å². The Morgan fingerprint density at radius 2 is 1.94 bits per heavy atom. The Morgan fingerprint density at radius 1 is 1.28 bits per heavy atom. The van der Waals surface area contributed by atoms with Crippen molar-refractivity contribution in [1.82, 2.24) is 10.6 Å². The van der Waals surface area contributed by atoms with Gasteiger partial charge in [-0.05, 0) is 19.3 Å². The highest BCUT2D eigenvalue weighted by Crippen LogP contribution is 2.17. The molecule has 0 aromatic rings. The molecule has 2 unspecified atom stereocenters. The summed E-state index contributed by atoms with van der Waals surface area (Å²) in [5, 5.41) is 23.7. The molecule has 2 amide bonds. The van der Waals surface area contributed by atoms with Crippen LogP contribution in [0.3, 0.4) is 0 Å². The fraction of sp³-hybridized carbons (Fsp3) is 0.833. The number of carbonyl (C=O) groups excluding carboxylic acids is 1. The molecular weight excluding hydrogens is 236 g/mol. The lowest BCUT2D eigenvalue weighted by Gasteiger charge is -2.23. The van der Waals surface area contributed by atoms with Gasteiger partial charge < -0.3 is 20.8 Å². The van der Waals surface area contributed by atoms with Crippen LogP contribution in [0.5, 0.6) is 0 Å². The summed E-state index contributed by atoms with van der Waals surface area (Å²) in [5.74, 6) is -1.05. The number of urea groups is 1. The third-order valence-electron chi connectivity index (χ3n) is 3.31. The molecule has 6 heteroatoms. The molecule has 0 aliphatic heterocycles. The van der Waals surface area contributed by atoms with E-state index < -0.39 is 24.1 Å². The average Bonchev–Trinajstić information content (AvgIpc) is 2.51. The molecule has 0 radical (unpaired) electrons. The Labute approximate surface area is 107 Å². The van der Waals surface area contributed by atoms with E-state index in [0.29, 0.717) is 12.8 Å². The zero-order chi connectivity index (χ0) is 13.5. The minimum Gasteiger partial charge on any atom is -0.480 e. The standard InChI is InChI=1S/C12H22N2O4/c1-2-8(11(16)17)13-12(18)14-9-6-4-3-5-7-10(9)15/h8-10,15H,2-7H2,1H3,(H,16,17)(H2,13,14,18)/t8-,9?,10?/m0/s1. The molecule has 18 heavy (non-hydrogen) atoms. The first-order valence-electron chi connectivity index (χ1n) is 6.52. The summed E-state index contributed by atoms with van der Waals surface area (Å²) in [6.45, 7) is 1.69. The van der Waals surface area contributed by atoms with Crippen LogP contribution in [0, 0.1) is 0 Å². The van der Waals surface area contributed by atoms with Crippen LogP contribution in [0.25, 0.3) is 0 Å². The van der Waals surface area contributed by atoms with Gasteiger partial charge in [-0.1, -0.05) is 26.2 Å². The summed E-state index contributed by atoms with van der Waals surface area (Å²) in [5.41, 5.74) is 0. The number of nitrogens with one attached hydrogen (secondary N) is 2. The molecule has 6 nitrogen and oxygen atoms in total.